The summed E-state index contributed by atoms with van der Waals surface area (Å²) in [4.78, 5) is 9.73. The highest BCUT2D eigenvalue weighted by Crippen LogP contribution is 1.73. The molecule has 0 aliphatic carbocycles. The normalized spacial score (nSPS) is 8.29. The molecule has 0 aliphatic heterocycles. The maximum absolute atomic E-state index is 9.73. The van der Waals surface area contributed by atoms with E-state index in [2.05, 4.69) is 0 Å². The maximum Gasteiger partial charge on any atom is 0.421 e. The van der Waals surface area contributed by atoms with E-state index < -0.39 is 6.09 Å². The Morgan fingerprint density at radius 3 is 2.43 bits per heavy atom. The van der Waals surface area contributed by atoms with Gasteiger partial charge in [0.25, 0.3) is 0 Å². The van der Waals surface area contributed by atoms with Gasteiger partial charge in [-0.2, -0.15) is 0 Å². The minimum absolute atomic E-state index is 0.329. The lowest BCUT2D eigenvalue weighted by molar-refractivity contribution is 0.148. The molecule has 4 nitrogen and oxygen atoms in total. The molecule has 0 atom stereocenters. The van der Waals surface area contributed by atoms with Crippen LogP contribution in [0.15, 0.2) is 0 Å². The minimum atomic E-state index is -1.09. The van der Waals surface area contributed by atoms with E-state index in [1.165, 1.54) is 0 Å². The zero-order valence-electron chi connectivity index (χ0n) is 4.09. The average molecular weight is 104 g/mol. The number of hydrogen-bond acceptors (Lipinski definition) is 2. The number of hydrazine groups is 1. The van der Waals surface area contributed by atoms with Crippen LogP contribution < -0.4 is 5.84 Å². The SMILES string of the molecule is CCN(N)C(=O)O. The fourth-order valence-corrected chi connectivity index (χ4v) is 0.135. The Hall–Kier alpha value is -0.770. The first-order chi connectivity index (χ1) is 3.18. The Bertz CT molecular complexity index is 73.3. The van der Waals surface area contributed by atoms with Crippen LogP contribution in [0.4, 0.5) is 4.79 Å². The Morgan fingerprint density at radius 2 is 2.43 bits per heavy atom. The minimum Gasteiger partial charge on any atom is -0.464 e. The summed E-state index contributed by atoms with van der Waals surface area (Å²) in [6, 6.07) is 0. The van der Waals surface area contributed by atoms with Gasteiger partial charge in [0.2, 0.25) is 0 Å². The predicted octanol–water partition coefficient (Wildman–Crippen LogP) is -0.140. The van der Waals surface area contributed by atoms with Crippen LogP contribution in [0, 0.1) is 0 Å². The maximum atomic E-state index is 9.73. The third kappa shape index (κ3) is 1.99. The zero-order chi connectivity index (χ0) is 5.86. The van der Waals surface area contributed by atoms with Gasteiger partial charge in [-0.05, 0) is 6.92 Å². The van der Waals surface area contributed by atoms with Crippen molar-refractivity contribution in [2.75, 3.05) is 6.54 Å². The summed E-state index contributed by atoms with van der Waals surface area (Å²) in [7, 11) is 0. The zero-order valence-corrected chi connectivity index (χ0v) is 4.09. The quantitative estimate of drug-likeness (QED) is 0.276. The second kappa shape index (κ2) is 2.41. The Morgan fingerprint density at radius 1 is 2.00 bits per heavy atom. The van der Waals surface area contributed by atoms with Gasteiger partial charge in [0.15, 0.2) is 0 Å². The van der Waals surface area contributed by atoms with E-state index >= 15 is 0 Å². The lowest BCUT2D eigenvalue weighted by Crippen LogP contribution is -2.35. The molecule has 4 heteroatoms. The van der Waals surface area contributed by atoms with E-state index in [1.54, 1.807) is 6.92 Å². The molecule has 0 aromatic heterocycles. The highest BCUT2D eigenvalue weighted by Gasteiger charge is 1.98. The summed E-state index contributed by atoms with van der Waals surface area (Å²) in [5, 5.41) is 8.69. The van der Waals surface area contributed by atoms with Crippen molar-refractivity contribution in [2.45, 2.75) is 6.92 Å². The van der Waals surface area contributed by atoms with Gasteiger partial charge in [-0.3, -0.25) is 0 Å². The molecule has 0 saturated heterocycles. The van der Waals surface area contributed by atoms with E-state index in [0.29, 0.717) is 11.6 Å². The predicted molar refractivity (Wildman–Crippen MR) is 24.6 cm³/mol. The van der Waals surface area contributed by atoms with Crippen LogP contribution in [0.1, 0.15) is 6.92 Å². The number of nitrogens with zero attached hydrogens (tertiary/aromatic N) is 1. The van der Waals surface area contributed by atoms with E-state index in [4.69, 9.17) is 10.9 Å². The molecule has 0 spiro atoms. The molecule has 7 heavy (non-hydrogen) atoms. The second-order valence-corrected chi connectivity index (χ2v) is 1.07. The highest BCUT2D eigenvalue weighted by atomic mass is 16.4. The van der Waals surface area contributed by atoms with Crippen molar-refractivity contribution in [3.8, 4) is 0 Å². The van der Waals surface area contributed by atoms with Crippen molar-refractivity contribution in [1.82, 2.24) is 5.01 Å². The number of carboxylic acid groups (broad SMARTS) is 1. The van der Waals surface area contributed by atoms with Crippen molar-refractivity contribution in [3.05, 3.63) is 0 Å². The van der Waals surface area contributed by atoms with Crippen LogP contribution in [-0.2, 0) is 0 Å². The number of carbonyl (C=O) groups is 1. The van der Waals surface area contributed by atoms with Crippen LogP contribution in [-0.4, -0.2) is 22.8 Å². The fraction of sp³-hybridized carbons (Fsp3) is 0.667. The number of hydrogen-bond donors (Lipinski definition) is 2. The van der Waals surface area contributed by atoms with Gasteiger partial charge in [0.1, 0.15) is 0 Å². The molecule has 0 fully saturated rings. The van der Waals surface area contributed by atoms with Gasteiger partial charge in [-0.1, -0.05) is 0 Å². The fourth-order valence-electron chi connectivity index (χ4n) is 0.135. The van der Waals surface area contributed by atoms with E-state index in [9.17, 15) is 4.79 Å². The van der Waals surface area contributed by atoms with E-state index in [-0.39, 0.29) is 0 Å². The smallest absolute Gasteiger partial charge is 0.421 e. The standard InChI is InChI=1S/C3H8N2O2/c1-2-5(4)3(6)7/h2,4H2,1H3,(H,6,7). The van der Waals surface area contributed by atoms with E-state index in [0.717, 1.165) is 0 Å². The number of nitrogens with two attached hydrogens (primary N) is 1. The largest absolute Gasteiger partial charge is 0.464 e. The van der Waals surface area contributed by atoms with Crippen molar-refractivity contribution >= 4 is 6.09 Å². The summed E-state index contributed by atoms with van der Waals surface area (Å²) in [5.74, 6) is 4.85. The number of rotatable bonds is 1. The topological polar surface area (TPSA) is 66.6 Å². The van der Waals surface area contributed by atoms with Gasteiger partial charge in [-0.15, -0.1) is 0 Å². The third-order valence-corrected chi connectivity index (χ3v) is 0.586. The summed E-state index contributed by atoms with van der Waals surface area (Å²) >= 11 is 0. The molecule has 0 unspecified atom stereocenters. The van der Waals surface area contributed by atoms with Crippen LogP contribution in [0.5, 0.6) is 0 Å². The van der Waals surface area contributed by atoms with Gasteiger partial charge in [-0.25, -0.2) is 15.6 Å². The molecule has 0 radical (unpaired) electrons. The van der Waals surface area contributed by atoms with Crippen molar-refractivity contribution in [2.24, 2.45) is 5.84 Å². The molecule has 42 valence electrons. The Labute approximate surface area is 41.5 Å². The van der Waals surface area contributed by atoms with Gasteiger partial charge >= 0.3 is 6.09 Å². The number of amides is 1. The highest BCUT2D eigenvalue weighted by molar-refractivity contribution is 5.63. The molecular formula is C3H8N2O2. The van der Waals surface area contributed by atoms with Crippen molar-refractivity contribution < 1.29 is 9.90 Å². The van der Waals surface area contributed by atoms with E-state index in [1.807, 2.05) is 0 Å². The van der Waals surface area contributed by atoms with Crippen LogP contribution >= 0.6 is 0 Å². The Balaban J connectivity index is 3.34. The summed E-state index contributed by atoms with van der Waals surface area (Å²) in [6.07, 6.45) is -1.09. The summed E-state index contributed by atoms with van der Waals surface area (Å²) in [6.45, 7) is 1.99. The molecular weight excluding hydrogens is 96.0 g/mol. The first-order valence-electron chi connectivity index (χ1n) is 1.93. The van der Waals surface area contributed by atoms with Gasteiger partial charge in [0, 0.05) is 6.54 Å². The first kappa shape index (κ1) is 6.23. The van der Waals surface area contributed by atoms with Gasteiger partial charge in [0.05, 0.1) is 0 Å². The Kier molecular flexibility index (Phi) is 2.15. The van der Waals surface area contributed by atoms with Gasteiger partial charge < -0.3 is 5.11 Å². The average Bonchev–Trinajstić information content (AvgIpc) is 1.65. The molecule has 3 N–H and O–H groups in total. The molecule has 0 bridgehead atoms. The second-order valence-electron chi connectivity index (χ2n) is 1.07. The third-order valence-electron chi connectivity index (χ3n) is 0.586. The molecule has 0 aliphatic rings. The van der Waals surface area contributed by atoms with Crippen molar-refractivity contribution in [1.29, 1.82) is 0 Å². The summed E-state index contributed by atoms with van der Waals surface area (Å²) in [5.41, 5.74) is 0. The monoisotopic (exact) mass is 104 g/mol. The molecule has 0 aromatic carbocycles. The lowest BCUT2D eigenvalue weighted by atomic mass is 10.7. The molecule has 0 heterocycles. The summed E-state index contributed by atoms with van der Waals surface area (Å²) < 4.78 is 0. The molecule has 0 saturated carbocycles. The molecule has 0 rings (SSSR count). The van der Waals surface area contributed by atoms with Crippen LogP contribution in [0.3, 0.4) is 0 Å². The van der Waals surface area contributed by atoms with Crippen LogP contribution in [0.2, 0.25) is 0 Å². The lowest BCUT2D eigenvalue weighted by Gasteiger charge is -2.06. The molecule has 1 amide bonds. The molecule has 0 aromatic rings. The first-order valence-corrected chi connectivity index (χ1v) is 1.93. The van der Waals surface area contributed by atoms with Crippen molar-refractivity contribution in [3.63, 3.8) is 0 Å². The van der Waals surface area contributed by atoms with Crippen LogP contribution in [0.25, 0.3) is 0 Å².